The molecule has 16 radical (unpaired) electrons. The zero-order valence-corrected chi connectivity index (χ0v) is 40.4. The van der Waals surface area contributed by atoms with Gasteiger partial charge < -0.3 is 0 Å². The first-order valence-electron chi connectivity index (χ1n) is 0. The van der Waals surface area contributed by atoms with Crippen LogP contribution in [0.25, 0.3) is 0 Å². The molecule has 16 heteroatoms. The Morgan fingerprint density at radius 3 is 0.125 bits per heavy atom. The number of hydrogen-bond donors (Lipinski definition) is 0. The average molecular weight is 1210 g/mol. The predicted octanol–water partition coefficient (Wildman–Crippen LogP) is -0.0400. The van der Waals surface area contributed by atoms with Crippen molar-refractivity contribution < 1.29 is 412 Å². The van der Waals surface area contributed by atoms with E-state index in [1.807, 2.05) is 0 Å². The Kier molecular flexibility index (Phi) is 973. The van der Waals surface area contributed by atoms with Crippen LogP contribution in [0, 0.1) is 0 Å². The second-order valence-electron chi connectivity index (χ2n) is 0. The van der Waals surface area contributed by atoms with Crippen LogP contribution in [-0.2, 0) is 412 Å². The maximum atomic E-state index is 0. The molecule has 0 fully saturated rings. The molecule has 0 aliphatic heterocycles. The van der Waals surface area contributed by atoms with Gasteiger partial charge in [-0.05, 0) is 0 Å². The molecule has 0 bridgehead atoms. The Balaban J connectivity index is 0. The summed E-state index contributed by atoms with van der Waals surface area (Å²) in [5.74, 6) is 0. The maximum Gasteiger partial charge on any atom is 0 e. The fourth-order valence-corrected chi connectivity index (χ4v) is 0. The van der Waals surface area contributed by atoms with Gasteiger partial charge in [-0.25, -0.2) is 0 Å². The van der Waals surface area contributed by atoms with Crippen molar-refractivity contribution in [2.75, 3.05) is 0 Å². The van der Waals surface area contributed by atoms with Gasteiger partial charge in [0, 0.05) is 412 Å². The van der Waals surface area contributed by atoms with E-state index in [4.69, 9.17) is 0 Å². The quantitative estimate of drug-likeness (QED) is 0.320. The van der Waals surface area contributed by atoms with Crippen molar-refractivity contribution in [2.45, 2.75) is 0 Å². The third-order valence-corrected chi connectivity index (χ3v) is 0. The minimum absolute atomic E-state index is 0. The van der Waals surface area contributed by atoms with Crippen molar-refractivity contribution in [3.63, 3.8) is 0 Å². The Morgan fingerprint density at radius 2 is 0.125 bits per heavy atom. The van der Waals surface area contributed by atoms with Gasteiger partial charge in [0.15, 0.2) is 0 Å². The molecule has 0 aromatic heterocycles. The first kappa shape index (κ1) is 132. The summed E-state index contributed by atoms with van der Waals surface area (Å²) < 4.78 is 0. The predicted molar refractivity (Wildman–Crippen MR) is 0 cm³/mol. The van der Waals surface area contributed by atoms with Crippen LogP contribution in [0.4, 0.5) is 0 Å². The van der Waals surface area contributed by atoms with Gasteiger partial charge in [-0.2, -0.15) is 0 Å². The largest absolute Gasteiger partial charge is 0 e. The number of hydrogen-bond acceptors (Lipinski definition) is 0. The maximum absolute atomic E-state index is 0. The van der Waals surface area contributed by atoms with Crippen LogP contribution in [0.3, 0.4) is 0 Å². The molecular weight excluding hydrogens is 1210 g/mol. The molecule has 0 saturated heterocycles. The van der Waals surface area contributed by atoms with E-state index in [-0.39, 0.29) is 412 Å². The molecule has 90 valence electrons. The summed E-state index contributed by atoms with van der Waals surface area (Å²) in [5.41, 5.74) is 0. The molecule has 0 aliphatic rings. The first-order valence-corrected chi connectivity index (χ1v) is 0. The second kappa shape index (κ2) is 118. The molecule has 0 rings (SSSR count). The Bertz CT molecular complexity index is 15.8. The monoisotopic (exact) mass is 1210 g/mol. The van der Waals surface area contributed by atoms with Crippen LogP contribution >= 0.6 is 0 Å². The van der Waals surface area contributed by atoms with Crippen LogP contribution in [0.5, 0.6) is 0 Å². The van der Waals surface area contributed by atoms with Crippen molar-refractivity contribution in [2.24, 2.45) is 0 Å². The Hall–Kier alpha value is 13.5. The fourth-order valence-electron chi connectivity index (χ4n) is 0. The van der Waals surface area contributed by atoms with Crippen molar-refractivity contribution in [1.82, 2.24) is 0 Å². The minimum Gasteiger partial charge on any atom is 0 e. The van der Waals surface area contributed by atoms with E-state index in [0.29, 0.717) is 0 Å². The molecule has 0 aromatic carbocycles. The zero-order chi connectivity index (χ0) is 0. The van der Waals surface area contributed by atoms with Gasteiger partial charge in [0.1, 0.15) is 0 Å². The van der Waals surface area contributed by atoms with Gasteiger partial charge in [-0.3, -0.25) is 0 Å². The van der Waals surface area contributed by atoms with E-state index in [9.17, 15) is 0 Å². The summed E-state index contributed by atoms with van der Waals surface area (Å²) >= 11 is 0. The third-order valence-electron chi connectivity index (χ3n) is 0. The molecule has 0 nitrogen and oxygen atoms in total. The van der Waals surface area contributed by atoms with E-state index >= 15 is 0 Å². The average Bonchev–Trinajstić information content (AvgIpc) is 0. The molecule has 16 heavy (non-hydrogen) atoms. The Morgan fingerprint density at radius 1 is 0.125 bits per heavy atom. The van der Waals surface area contributed by atoms with Gasteiger partial charge >= 0.3 is 0 Å². The van der Waals surface area contributed by atoms with Crippen molar-refractivity contribution >= 4 is 0 Å². The van der Waals surface area contributed by atoms with E-state index in [2.05, 4.69) is 0 Å². The minimum atomic E-state index is 0. The fraction of sp³-hybridized carbons (Fsp3) is 0. The summed E-state index contributed by atoms with van der Waals surface area (Å²) in [7, 11) is 0. The molecule has 0 aliphatic carbocycles. The molecular formula is Co7Y9. The summed E-state index contributed by atoms with van der Waals surface area (Å²) in [6.45, 7) is 0. The molecule has 0 atom stereocenters. The zero-order valence-electron chi connectivity index (χ0n) is 7.53. The molecule has 0 unspecified atom stereocenters. The van der Waals surface area contributed by atoms with E-state index < -0.39 is 0 Å². The standard InChI is InChI=1S/7Co.9Y. The summed E-state index contributed by atoms with van der Waals surface area (Å²) in [6, 6.07) is 0. The Labute approximate surface area is 398 Å². The summed E-state index contributed by atoms with van der Waals surface area (Å²) in [4.78, 5) is 0. The molecule has 0 aromatic rings. The first-order chi connectivity index (χ1) is 0. The second-order valence-corrected chi connectivity index (χ2v) is 0. The molecule has 0 amide bonds. The van der Waals surface area contributed by atoms with E-state index in [1.54, 1.807) is 0 Å². The molecule has 0 saturated carbocycles. The van der Waals surface area contributed by atoms with Gasteiger partial charge in [-0.15, -0.1) is 0 Å². The van der Waals surface area contributed by atoms with Crippen LogP contribution in [0.2, 0.25) is 0 Å². The topological polar surface area (TPSA) is 0 Å². The SMILES string of the molecule is [Co].[Co].[Co].[Co].[Co].[Co].[Co].[Y].[Y].[Y].[Y].[Y].[Y].[Y].[Y].[Y]. The van der Waals surface area contributed by atoms with Crippen molar-refractivity contribution in [1.29, 1.82) is 0 Å². The number of rotatable bonds is 0. The molecule has 0 N–H and O–H groups in total. The van der Waals surface area contributed by atoms with Gasteiger partial charge in [0.25, 0.3) is 0 Å². The smallest absolute Gasteiger partial charge is 0 e. The van der Waals surface area contributed by atoms with Crippen molar-refractivity contribution in [3.8, 4) is 0 Å². The summed E-state index contributed by atoms with van der Waals surface area (Å²) in [6.07, 6.45) is 0. The van der Waals surface area contributed by atoms with E-state index in [1.165, 1.54) is 0 Å². The van der Waals surface area contributed by atoms with Crippen LogP contribution in [-0.4, -0.2) is 0 Å². The van der Waals surface area contributed by atoms with Crippen LogP contribution in [0.15, 0.2) is 0 Å². The van der Waals surface area contributed by atoms with Crippen molar-refractivity contribution in [3.05, 3.63) is 0 Å². The van der Waals surface area contributed by atoms with Gasteiger partial charge in [-0.1, -0.05) is 0 Å². The third kappa shape index (κ3) is 106. The van der Waals surface area contributed by atoms with Gasteiger partial charge in [0.2, 0.25) is 0 Å². The summed E-state index contributed by atoms with van der Waals surface area (Å²) in [5, 5.41) is 0. The normalized spacial score (nSPS) is 0. The molecule has 0 heterocycles. The van der Waals surface area contributed by atoms with Crippen LogP contribution < -0.4 is 0 Å². The van der Waals surface area contributed by atoms with Crippen LogP contribution in [0.1, 0.15) is 0 Å². The molecule has 0 spiro atoms. The van der Waals surface area contributed by atoms with E-state index in [0.717, 1.165) is 0 Å². The van der Waals surface area contributed by atoms with Gasteiger partial charge in [0.05, 0.1) is 0 Å².